The Morgan fingerprint density at radius 1 is 0.967 bits per heavy atom. The quantitative estimate of drug-likeness (QED) is 0.711. The molecule has 0 saturated carbocycles. The number of methoxy groups -OCH3 is 1. The van der Waals surface area contributed by atoms with Crippen LogP contribution in [-0.2, 0) is 16.1 Å². The first kappa shape index (κ1) is 23.2. The van der Waals surface area contributed by atoms with Crippen molar-refractivity contribution in [1.29, 1.82) is 0 Å². The molecule has 0 atom stereocenters. The first-order chi connectivity index (χ1) is 14.3. The number of halogens is 1. The van der Waals surface area contributed by atoms with Crippen LogP contribution in [0, 0.1) is 0 Å². The molecule has 8 nitrogen and oxygen atoms in total. The average molecular weight is 435 g/mol. The molecule has 2 aromatic carbocycles. The molecule has 0 aromatic heterocycles. The molecule has 1 fully saturated rings. The summed E-state index contributed by atoms with van der Waals surface area (Å²) < 4.78 is 5.20. The fraction of sp³-hybridized carbons (Fsp3) is 0.286. The predicted octanol–water partition coefficient (Wildman–Crippen LogP) is 2.46. The zero-order chi connectivity index (χ0) is 22.1. The van der Waals surface area contributed by atoms with Crippen molar-refractivity contribution in [1.82, 2.24) is 9.80 Å². The van der Waals surface area contributed by atoms with Crippen LogP contribution in [0.5, 0.6) is 5.75 Å². The van der Waals surface area contributed by atoms with Gasteiger partial charge in [-0.05, 0) is 35.9 Å². The van der Waals surface area contributed by atoms with E-state index in [1.54, 1.807) is 13.2 Å². The second-order valence-electron chi connectivity index (χ2n) is 6.54. The second kappa shape index (κ2) is 11.2. The zero-order valence-electron chi connectivity index (χ0n) is 16.5. The van der Waals surface area contributed by atoms with E-state index in [0.29, 0.717) is 11.3 Å². The van der Waals surface area contributed by atoms with Crippen LogP contribution in [0.1, 0.15) is 15.9 Å². The summed E-state index contributed by atoms with van der Waals surface area (Å²) in [7, 11) is 1.61. The molecule has 0 aliphatic carbocycles. The number of rotatable bonds is 4. The Labute approximate surface area is 179 Å². The van der Waals surface area contributed by atoms with Crippen molar-refractivity contribution in [2.75, 3.05) is 33.3 Å². The van der Waals surface area contributed by atoms with Gasteiger partial charge in [-0.2, -0.15) is 0 Å². The van der Waals surface area contributed by atoms with E-state index in [1.165, 1.54) is 5.56 Å². The summed E-state index contributed by atoms with van der Waals surface area (Å²) >= 11 is 6.04. The Bertz CT molecular complexity index is 885. The summed E-state index contributed by atoms with van der Waals surface area (Å²) in [5.41, 5.74) is 1.88. The van der Waals surface area contributed by atoms with Crippen LogP contribution in [0.4, 0.5) is 0 Å². The molecular weight excluding hydrogens is 412 g/mol. The summed E-state index contributed by atoms with van der Waals surface area (Å²) in [6.07, 6.45) is 0. The van der Waals surface area contributed by atoms with Crippen molar-refractivity contribution >= 4 is 29.4 Å². The number of piperazine rings is 1. The molecular formula is C21H23ClN2O6. The summed E-state index contributed by atoms with van der Waals surface area (Å²) in [5.74, 6) is -2.87. The van der Waals surface area contributed by atoms with Crippen LogP contribution in [0.15, 0.2) is 48.5 Å². The fourth-order valence-corrected chi connectivity index (χ4v) is 3.15. The molecule has 3 rings (SSSR count). The number of hydrogen-bond acceptors (Lipinski definition) is 5. The number of carbonyl (C=O) groups is 3. The van der Waals surface area contributed by atoms with Gasteiger partial charge in [0.2, 0.25) is 0 Å². The third-order valence-corrected chi connectivity index (χ3v) is 4.69. The van der Waals surface area contributed by atoms with Gasteiger partial charge in [0.05, 0.1) is 7.11 Å². The molecule has 1 aliphatic rings. The van der Waals surface area contributed by atoms with E-state index in [1.807, 2.05) is 41.3 Å². The Hall–Kier alpha value is -3.10. The van der Waals surface area contributed by atoms with E-state index in [9.17, 15) is 4.79 Å². The van der Waals surface area contributed by atoms with Crippen molar-refractivity contribution in [3.63, 3.8) is 0 Å². The normalized spacial score (nSPS) is 13.7. The highest BCUT2D eigenvalue weighted by molar-refractivity contribution is 6.30. The van der Waals surface area contributed by atoms with Gasteiger partial charge in [0, 0.05) is 43.3 Å². The van der Waals surface area contributed by atoms with Crippen LogP contribution in [0.25, 0.3) is 0 Å². The number of carboxylic acids is 2. The lowest BCUT2D eigenvalue weighted by Gasteiger charge is -2.34. The molecule has 9 heteroatoms. The Balaban J connectivity index is 0.000000469. The fourth-order valence-electron chi connectivity index (χ4n) is 2.94. The number of nitrogens with zero attached hydrogens (tertiary/aromatic N) is 2. The number of carbonyl (C=O) groups excluding carboxylic acids is 1. The summed E-state index contributed by atoms with van der Waals surface area (Å²) in [4.78, 5) is 35.1. The lowest BCUT2D eigenvalue weighted by Crippen LogP contribution is -2.48. The summed E-state index contributed by atoms with van der Waals surface area (Å²) in [6, 6.07) is 15.3. The maximum absolute atomic E-state index is 12.6. The number of amides is 1. The van der Waals surface area contributed by atoms with Gasteiger partial charge in [-0.1, -0.05) is 29.8 Å². The van der Waals surface area contributed by atoms with Gasteiger partial charge in [0.15, 0.2) is 0 Å². The van der Waals surface area contributed by atoms with Gasteiger partial charge in [-0.25, -0.2) is 9.59 Å². The monoisotopic (exact) mass is 434 g/mol. The number of aliphatic carboxylic acids is 2. The first-order valence-corrected chi connectivity index (χ1v) is 9.54. The van der Waals surface area contributed by atoms with E-state index < -0.39 is 11.9 Å². The van der Waals surface area contributed by atoms with Gasteiger partial charge in [-0.15, -0.1) is 0 Å². The SMILES string of the molecule is COc1cccc(C(=O)N2CCN(Cc3cccc(Cl)c3)CC2)c1.O=C(O)C(=O)O. The van der Waals surface area contributed by atoms with Crippen LogP contribution in [0.2, 0.25) is 5.02 Å². The number of carboxylic acid groups (broad SMARTS) is 2. The molecule has 160 valence electrons. The van der Waals surface area contributed by atoms with E-state index in [0.717, 1.165) is 37.7 Å². The number of ether oxygens (including phenoxy) is 1. The molecule has 0 radical (unpaired) electrons. The minimum atomic E-state index is -1.82. The summed E-state index contributed by atoms with van der Waals surface area (Å²) in [5, 5.41) is 15.5. The molecule has 1 saturated heterocycles. The first-order valence-electron chi connectivity index (χ1n) is 9.16. The molecule has 1 heterocycles. The maximum atomic E-state index is 12.6. The second-order valence-corrected chi connectivity index (χ2v) is 6.98. The highest BCUT2D eigenvalue weighted by atomic mass is 35.5. The van der Waals surface area contributed by atoms with Crippen molar-refractivity contribution in [3.8, 4) is 5.75 Å². The van der Waals surface area contributed by atoms with Gasteiger partial charge in [0.1, 0.15) is 5.75 Å². The van der Waals surface area contributed by atoms with Crippen LogP contribution >= 0.6 is 11.6 Å². The van der Waals surface area contributed by atoms with Crippen molar-refractivity contribution < 1.29 is 29.3 Å². The van der Waals surface area contributed by atoms with Gasteiger partial charge < -0.3 is 19.8 Å². The number of hydrogen-bond donors (Lipinski definition) is 2. The van der Waals surface area contributed by atoms with Crippen LogP contribution in [-0.4, -0.2) is 71.1 Å². The van der Waals surface area contributed by atoms with Gasteiger partial charge in [0.25, 0.3) is 5.91 Å². The highest BCUT2D eigenvalue weighted by Gasteiger charge is 2.22. The predicted molar refractivity (Wildman–Crippen MR) is 111 cm³/mol. The largest absolute Gasteiger partial charge is 0.497 e. The third kappa shape index (κ3) is 7.06. The van der Waals surface area contributed by atoms with E-state index in [2.05, 4.69) is 11.0 Å². The van der Waals surface area contributed by atoms with Gasteiger partial charge in [-0.3, -0.25) is 9.69 Å². The Kier molecular flexibility index (Phi) is 8.64. The highest BCUT2D eigenvalue weighted by Crippen LogP contribution is 2.17. The van der Waals surface area contributed by atoms with Crippen LogP contribution in [0.3, 0.4) is 0 Å². The van der Waals surface area contributed by atoms with E-state index in [-0.39, 0.29) is 5.91 Å². The molecule has 30 heavy (non-hydrogen) atoms. The van der Waals surface area contributed by atoms with E-state index in [4.69, 9.17) is 36.1 Å². The molecule has 1 amide bonds. The zero-order valence-corrected chi connectivity index (χ0v) is 17.2. The molecule has 0 spiro atoms. The summed E-state index contributed by atoms with van der Waals surface area (Å²) in [6.45, 7) is 4.05. The minimum Gasteiger partial charge on any atom is -0.497 e. The van der Waals surface area contributed by atoms with Crippen LogP contribution < -0.4 is 4.74 Å². The minimum absolute atomic E-state index is 0.0660. The lowest BCUT2D eigenvalue weighted by molar-refractivity contribution is -0.159. The Morgan fingerprint density at radius 3 is 2.17 bits per heavy atom. The smallest absolute Gasteiger partial charge is 0.414 e. The van der Waals surface area contributed by atoms with Crippen molar-refractivity contribution in [2.24, 2.45) is 0 Å². The van der Waals surface area contributed by atoms with Crippen molar-refractivity contribution in [3.05, 3.63) is 64.7 Å². The number of benzene rings is 2. The van der Waals surface area contributed by atoms with E-state index >= 15 is 0 Å². The molecule has 1 aliphatic heterocycles. The molecule has 0 bridgehead atoms. The topological polar surface area (TPSA) is 107 Å². The standard InChI is InChI=1S/C19H21ClN2O2.C2H2O4/c1-24-18-7-3-5-16(13-18)19(23)22-10-8-21(9-11-22)14-15-4-2-6-17(20)12-15;3-1(4)2(5)6/h2-7,12-13H,8-11,14H2,1H3;(H,3,4)(H,5,6). The Morgan fingerprint density at radius 2 is 1.60 bits per heavy atom. The molecule has 2 aromatic rings. The lowest BCUT2D eigenvalue weighted by atomic mass is 10.1. The maximum Gasteiger partial charge on any atom is 0.414 e. The molecule has 0 unspecified atom stereocenters. The molecule has 2 N–H and O–H groups in total. The average Bonchev–Trinajstić information content (AvgIpc) is 2.74. The third-order valence-electron chi connectivity index (χ3n) is 4.45. The van der Waals surface area contributed by atoms with Crippen molar-refractivity contribution in [2.45, 2.75) is 6.54 Å². The van der Waals surface area contributed by atoms with Gasteiger partial charge >= 0.3 is 11.9 Å².